The summed E-state index contributed by atoms with van der Waals surface area (Å²) in [6, 6.07) is 4.56. The van der Waals surface area contributed by atoms with Gasteiger partial charge in [0.1, 0.15) is 23.7 Å². The first-order chi connectivity index (χ1) is 17.6. The highest BCUT2D eigenvalue weighted by Gasteiger charge is 2.46. The lowest BCUT2D eigenvalue weighted by atomic mass is 10.1. The quantitative estimate of drug-likeness (QED) is 0.237. The average molecular weight is 569 g/mol. The summed E-state index contributed by atoms with van der Waals surface area (Å²) in [6.45, 7) is 0.223. The molecule has 3 aromatic rings. The third-order valence-corrected chi connectivity index (χ3v) is 5.10. The van der Waals surface area contributed by atoms with Gasteiger partial charge in [0.2, 0.25) is 0 Å². The third-order valence-electron chi connectivity index (χ3n) is 4.82. The summed E-state index contributed by atoms with van der Waals surface area (Å²) in [7, 11) is 1.54. The van der Waals surface area contributed by atoms with Gasteiger partial charge < -0.3 is 20.5 Å². The minimum atomic E-state index is -5.74. The molecule has 16 heteroatoms. The van der Waals surface area contributed by atoms with Crippen LogP contribution < -0.4 is 20.5 Å². The third kappa shape index (κ3) is 6.16. The van der Waals surface area contributed by atoms with Crippen LogP contribution in [0.2, 0.25) is 5.02 Å². The van der Waals surface area contributed by atoms with Crippen molar-refractivity contribution in [1.29, 1.82) is 0 Å². The van der Waals surface area contributed by atoms with Gasteiger partial charge in [0.05, 0.1) is 22.5 Å². The van der Waals surface area contributed by atoms with Crippen molar-refractivity contribution in [3.05, 3.63) is 58.5 Å². The first-order valence-corrected chi connectivity index (χ1v) is 10.7. The van der Waals surface area contributed by atoms with Crippen molar-refractivity contribution in [2.45, 2.75) is 12.4 Å². The van der Waals surface area contributed by atoms with Gasteiger partial charge in [-0.3, -0.25) is 9.48 Å². The molecule has 0 saturated heterocycles. The number of anilines is 1. The van der Waals surface area contributed by atoms with Gasteiger partial charge in [0.15, 0.2) is 5.75 Å². The van der Waals surface area contributed by atoms with Crippen molar-refractivity contribution in [3.8, 4) is 22.8 Å². The lowest BCUT2D eigenvalue weighted by molar-refractivity contribution is -0.190. The van der Waals surface area contributed by atoms with Crippen LogP contribution in [-0.4, -0.2) is 41.0 Å². The molecule has 0 spiro atoms. The van der Waals surface area contributed by atoms with E-state index in [9.17, 15) is 40.3 Å². The standard InChI is InChI=1S/C22H16ClF7N4O4/c1-34-17(13(23)9-32-34)12-8-10(2-5-15(12)37-7-6-31)33-19(35)11-3-4-14(24)16(21(25,26)27)18(11)38-20(36)22(28,29)30/h2-5,8-9H,6-7,31H2,1H3,(H,33,35). The topological polar surface area (TPSA) is 108 Å². The molecule has 0 saturated carbocycles. The van der Waals surface area contributed by atoms with Gasteiger partial charge in [-0.05, 0) is 30.3 Å². The van der Waals surface area contributed by atoms with Crippen LogP contribution in [0.5, 0.6) is 11.5 Å². The molecule has 1 heterocycles. The number of rotatable bonds is 7. The summed E-state index contributed by atoms with van der Waals surface area (Å²) in [5.74, 6) is -8.31. The van der Waals surface area contributed by atoms with Gasteiger partial charge >= 0.3 is 18.3 Å². The molecule has 1 amide bonds. The van der Waals surface area contributed by atoms with Crippen molar-refractivity contribution in [2.24, 2.45) is 12.8 Å². The second kappa shape index (κ2) is 10.9. The second-order valence-electron chi connectivity index (χ2n) is 7.45. The van der Waals surface area contributed by atoms with E-state index in [0.29, 0.717) is 11.8 Å². The van der Waals surface area contributed by atoms with Crippen LogP contribution in [0, 0.1) is 5.82 Å². The van der Waals surface area contributed by atoms with Crippen LogP contribution in [0.3, 0.4) is 0 Å². The van der Waals surface area contributed by atoms with E-state index in [1.54, 1.807) is 0 Å². The molecule has 0 atom stereocenters. The van der Waals surface area contributed by atoms with E-state index in [-0.39, 0.29) is 41.2 Å². The maximum absolute atomic E-state index is 14.0. The van der Waals surface area contributed by atoms with E-state index >= 15 is 0 Å². The molecule has 0 aliphatic carbocycles. The first kappa shape index (κ1) is 28.7. The number of hydrogen-bond donors (Lipinski definition) is 2. The van der Waals surface area contributed by atoms with Crippen LogP contribution in [0.1, 0.15) is 15.9 Å². The predicted octanol–water partition coefficient (Wildman–Crippen LogP) is 4.96. The largest absolute Gasteiger partial charge is 0.492 e. The minimum Gasteiger partial charge on any atom is -0.492 e. The molecule has 0 bridgehead atoms. The van der Waals surface area contributed by atoms with E-state index in [4.69, 9.17) is 22.1 Å². The second-order valence-corrected chi connectivity index (χ2v) is 7.86. The zero-order chi connectivity index (χ0) is 28.4. The maximum atomic E-state index is 14.0. The van der Waals surface area contributed by atoms with Gasteiger partial charge in [0, 0.05) is 24.8 Å². The Bertz CT molecular complexity index is 1350. The molecular formula is C22H16ClF7N4O4. The van der Waals surface area contributed by atoms with E-state index in [0.717, 1.165) is 0 Å². The van der Waals surface area contributed by atoms with Gasteiger partial charge in [-0.25, -0.2) is 9.18 Å². The lowest BCUT2D eigenvalue weighted by Gasteiger charge is -2.18. The van der Waals surface area contributed by atoms with Crippen molar-refractivity contribution in [1.82, 2.24) is 9.78 Å². The lowest BCUT2D eigenvalue weighted by Crippen LogP contribution is -2.30. The van der Waals surface area contributed by atoms with Crippen LogP contribution >= 0.6 is 11.6 Å². The van der Waals surface area contributed by atoms with Crippen LogP contribution in [0.15, 0.2) is 36.5 Å². The smallest absolute Gasteiger partial charge is 0.491 e. The number of aromatic nitrogens is 2. The maximum Gasteiger partial charge on any atom is 0.491 e. The zero-order valence-corrected chi connectivity index (χ0v) is 19.8. The Hall–Kier alpha value is -3.85. The SMILES string of the molecule is Cn1ncc(Cl)c1-c1cc(NC(=O)c2ccc(F)c(C(F)(F)F)c2OC(=O)C(F)(F)F)ccc1OCCN. The number of benzene rings is 2. The molecule has 204 valence electrons. The number of nitrogens with one attached hydrogen (secondary N) is 1. The molecule has 0 aliphatic rings. The fourth-order valence-corrected chi connectivity index (χ4v) is 3.53. The van der Waals surface area contributed by atoms with Crippen molar-refractivity contribution >= 4 is 29.2 Å². The Balaban J connectivity index is 2.08. The highest BCUT2D eigenvalue weighted by molar-refractivity contribution is 6.33. The van der Waals surface area contributed by atoms with Gasteiger partial charge in [-0.2, -0.15) is 31.4 Å². The highest BCUT2D eigenvalue weighted by atomic mass is 35.5. The Morgan fingerprint density at radius 3 is 2.37 bits per heavy atom. The van der Waals surface area contributed by atoms with Gasteiger partial charge in [-0.1, -0.05) is 11.6 Å². The molecule has 0 fully saturated rings. The number of ether oxygens (including phenoxy) is 2. The molecular weight excluding hydrogens is 553 g/mol. The molecule has 3 N–H and O–H groups in total. The minimum absolute atomic E-state index is 0.0813. The Labute approximate surface area is 214 Å². The summed E-state index contributed by atoms with van der Waals surface area (Å²) >= 11 is 6.19. The van der Waals surface area contributed by atoms with E-state index in [2.05, 4.69) is 15.2 Å². The summed E-state index contributed by atoms with van der Waals surface area (Å²) in [6.07, 6.45) is -10.0. The van der Waals surface area contributed by atoms with Crippen molar-refractivity contribution in [2.75, 3.05) is 18.5 Å². The molecule has 0 unspecified atom stereocenters. The number of hydrogen-bond acceptors (Lipinski definition) is 6. The van der Waals surface area contributed by atoms with E-state index < -0.39 is 46.9 Å². The van der Waals surface area contributed by atoms with Crippen molar-refractivity contribution in [3.63, 3.8) is 0 Å². The Kier molecular flexibility index (Phi) is 8.21. The van der Waals surface area contributed by atoms with Gasteiger partial charge in [-0.15, -0.1) is 0 Å². The first-order valence-electron chi connectivity index (χ1n) is 10.3. The number of halogens is 8. The number of amides is 1. The van der Waals surface area contributed by atoms with Gasteiger partial charge in [0.25, 0.3) is 5.91 Å². The highest BCUT2D eigenvalue weighted by Crippen LogP contribution is 2.42. The summed E-state index contributed by atoms with van der Waals surface area (Å²) in [4.78, 5) is 24.2. The molecule has 2 aromatic carbocycles. The summed E-state index contributed by atoms with van der Waals surface area (Å²) < 4.78 is 103. The fourth-order valence-electron chi connectivity index (χ4n) is 3.26. The zero-order valence-electron chi connectivity index (χ0n) is 19.0. The number of alkyl halides is 6. The van der Waals surface area contributed by atoms with Crippen LogP contribution in [0.4, 0.5) is 36.4 Å². The normalized spacial score (nSPS) is 11.8. The molecule has 0 aliphatic heterocycles. The number of esters is 1. The molecule has 3 rings (SSSR count). The molecule has 0 radical (unpaired) electrons. The Morgan fingerprint density at radius 2 is 1.82 bits per heavy atom. The number of carbonyl (C=O) groups is 2. The number of nitrogens with two attached hydrogens (primary N) is 1. The average Bonchev–Trinajstić information content (AvgIpc) is 3.14. The predicted molar refractivity (Wildman–Crippen MR) is 119 cm³/mol. The number of nitrogens with zero attached hydrogens (tertiary/aromatic N) is 2. The summed E-state index contributed by atoms with van der Waals surface area (Å²) in [5.41, 5.74) is 2.39. The fraction of sp³-hybridized carbons (Fsp3) is 0.227. The van der Waals surface area contributed by atoms with Crippen LogP contribution in [-0.2, 0) is 18.0 Å². The van der Waals surface area contributed by atoms with Crippen LogP contribution in [0.25, 0.3) is 11.3 Å². The number of aryl methyl sites for hydroxylation is 1. The van der Waals surface area contributed by atoms with Crippen molar-refractivity contribution < 1.29 is 49.8 Å². The van der Waals surface area contributed by atoms with E-state index in [1.807, 2.05) is 0 Å². The van der Waals surface area contributed by atoms with E-state index in [1.165, 1.54) is 36.1 Å². The monoisotopic (exact) mass is 568 g/mol. The summed E-state index contributed by atoms with van der Waals surface area (Å²) in [5, 5.41) is 6.34. The molecule has 1 aromatic heterocycles. The molecule has 8 nitrogen and oxygen atoms in total. The molecule has 38 heavy (non-hydrogen) atoms. The number of carbonyl (C=O) groups excluding carboxylic acids is 2. The Morgan fingerprint density at radius 1 is 1.13 bits per heavy atom.